The van der Waals surface area contributed by atoms with Crippen molar-refractivity contribution < 1.29 is 9.53 Å². The Morgan fingerprint density at radius 3 is 2.90 bits per heavy atom. The van der Waals surface area contributed by atoms with Gasteiger partial charge in [-0.1, -0.05) is 31.9 Å². The Hall–Kier alpha value is -1.26. The summed E-state index contributed by atoms with van der Waals surface area (Å²) in [5.74, 6) is 1.06. The second kappa shape index (κ2) is 6.46. The van der Waals surface area contributed by atoms with E-state index in [2.05, 4.69) is 24.5 Å². The number of hydrogen-bond acceptors (Lipinski definition) is 3. The van der Waals surface area contributed by atoms with Crippen LogP contribution in [0, 0.1) is 5.92 Å². The number of halogens is 1. The molecule has 0 fully saturated rings. The largest absolute Gasteiger partial charge is 0.492 e. The van der Waals surface area contributed by atoms with Gasteiger partial charge >= 0.3 is 0 Å². The first-order valence-corrected chi connectivity index (χ1v) is 7.39. The molecule has 1 aromatic carbocycles. The van der Waals surface area contributed by atoms with Crippen LogP contribution in [0.2, 0.25) is 5.02 Å². The van der Waals surface area contributed by atoms with Gasteiger partial charge in [-0.3, -0.25) is 4.79 Å². The third kappa shape index (κ3) is 3.07. The van der Waals surface area contributed by atoms with Gasteiger partial charge in [-0.2, -0.15) is 0 Å². The Morgan fingerprint density at radius 2 is 2.25 bits per heavy atom. The van der Waals surface area contributed by atoms with Gasteiger partial charge in [0.2, 0.25) is 5.91 Å². The Morgan fingerprint density at radius 1 is 1.50 bits per heavy atom. The van der Waals surface area contributed by atoms with Crippen LogP contribution in [0.15, 0.2) is 12.1 Å². The van der Waals surface area contributed by atoms with E-state index in [1.807, 2.05) is 6.07 Å². The zero-order chi connectivity index (χ0) is 14.7. The van der Waals surface area contributed by atoms with E-state index >= 15 is 0 Å². The van der Waals surface area contributed by atoms with E-state index in [1.54, 1.807) is 13.1 Å². The van der Waals surface area contributed by atoms with Crippen LogP contribution in [-0.4, -0.2) is 19.6 Å². The summed E-state index contributed by atoms with van der Waals surface area (Å²) in [5.41, 5.74) is 1.65. The number of nitrogens with one attached hydrogen (secondary N) is 2. The summed E-state index contributed by atoms with van der Waals surface area (Å²) in [7, 11) is 1.75. The Labute approximate surface area is 124 Å². The topological polar surface area (TPSA) is 50.4 Å². The molecular formula is C15H21ClN2O2. The number of carbonyl (C=O) groups is 1. The summed E-state index contributed by atoms with van der Waals surface area (Å²) in [6.45, 7) is 4.95. The maximum Gasteiger partial charge on any atom is 0.246 e. The lowest BCUT2D eigenvalue weighted by atomic mass is 10.1. The number of benzene rings is 1. The van der Waals surface area contributed by atoms with Crippen molar-refractivity contribution in [2.45, 2.75) is 32.7 Å². The summed E-state index contributed by atoms with van der Waals surface area (Å²) in [4.78, 5) is 11.8. The van der Waals surface area contributed by atoms with Gasteiger partial charge in [-0.05, 0) is 25.5 Å². The number of ether oxygens (including phenoxy) is 1. The first-order valence-electron chi connectivity index (χ1n) is 7.01. The van der Waals surface area contributed by atoms with Crippen LogP contribution in [0.1, 0.15) is 38.3 Å². The SMILES string of the molecule is CCCC(C)COc1cc2c(cc1Cl)C(NC)C(=O)N2. The zero-order valence-corrected chi connectivity index (χ0v) is 12.9. The molecule has 0 radical (unpaired) electrons. The molecule has 1 aromatic rings. The molecule has 2 N–H and O–H groups in total. The zero-order valence-electron chi connectivity index (χ0n) is 12.1. The molecular weight excluding hydrogens is 276 g/mol. The minimum absolute atomic E-state index is 0.0601. The fourth-order valence-corrected chi connectivity index (χ4v) is 2.69. The smallest absolute Gasteiger partial charge is 0.246 e. The standard InChI is InChI=1S/C15H21ClN2O2/c1-4-5-9(2)8-20-13-7-12-10(6-11(13)16)14(17-3)15(19)18-12/h6-7,9,14,17H,4-5,8H2,1-3H3,(H,18,19). The van der Waals surface area contributed by atoms with E-state index < -0.39 is 0 Å². The molecule has 110 valence electrons. The lowest BCUT2D eigenvalue weighted by Gasteiger charge is -2.14. The average Bonchev–Trinajstić information content (AvgIpc) is 2.71. The van der Waals surface area contributed by atoms with Crippen LogP contribution in [-0.2, 0) is 4.79 Å². The highest BCUT2D eigenvalue weighted by Crippen LogP contribution is 2.38. The third-order valence-electron chi connectivity index (χ3n) is 3.53. The molecule has 5 heteroatoms. The van der Waals surface area contributed by atoms with E-state index in [0.717, 1.165) is 24.1 Å². The monoisotopic (exact) mass is 296 g/mol. The van der Waals surface area contributed by atoms with Crippen molar-refractivity contribution in [3.63, 3.8) is 0 Å². The van der Waals surface area contributed by atoms with Gasteiger partial charge in [0, 0.05) is 17.3 Å². The van der Waals surface area contributed by atoms with Crippen LogP contribution >= 0.6 is 11.6 Å². The molecule has 4 nitrogen and oxygen atoms in total. The molecule has 1 heterocycles. The van der Waals surface area contributed by atoms with E-state index in [0.29, 0.717) is 23.3 Å². The molecule has 2 rings (SSSR count). The van der Waals surface area contributed by atoms with Crippen LogP contribution in [0.5, 0.6) is 5.75 Å². The van der Waals surface area contributed by atoms with Crippen LogP contribution in [0.3, 0.4) is 0 Å². The number of amides is 1. The van der Waals surface area contributed by atoms with Crippen molar-refractivity contribution in [3.05, 3.63) is 22.7 Å². The molecule has 0 bridgehead atoms. The molecule has 1 amide bonds. The van der Waals surface area contributed by atoms with E-state index in [9.17, 15) is 4.79 Å². The van der Waals surface area contributed by atoms with Crippen LogP contribution < -0.4 is 15.4 Å². The van der Waals surface area contributed by atoms with Crippen molar-refractivity contribution in [2.24, 2.45) is 5.92 Å². The van der Waals surface area contributed by atoms with Crippen molar-refractivity contribution in [3.8, 4) is 5.75 Å². The van der Waals surface area contributed by atoms with Crippen molar-refractivity contribution >= 4 is 23.2 Å². The fourth-order valence-electron chi connectivity index (χ4n) is 2.47. The molecule has 2 atom stereocenters. The third-order valence-corrected chi connectivity index (χ3v) is 3.82. The molecule has 1 aliphatic heterocycles. The molecule has 1 aliphatic rings. The minimum atomic E-state index is -0.337. The van der Waals surface area contributed by atoms with Crippen LogP contribution in [0.4, 0.5) is 5.69 Å². The summed E-state index contributed by atoms with van der Waals surface area (Å²) in [6, 6.07) is 3.28. The first-order chi connectivity index (χ1) is 9.56. The number of anilines is 1. The average molecular weight is 297 g/mol. The predicted octanol–water partition coefficient (Wildman–Crippen LogP) is 3.37. The normalized spacial score (nSPS) is 18.6. The Bertz CT molecular complexity index is 505. The second-order valence-corrected chi connectivity index (χ2v) is 5.69. The maximum absolute atomic E-state index is 11.8. The minimum Gasteiger partial charge on any atom is -0.492 e. The summed E-state index contributed by atoms with van der Waals surface area (Å²) in [6.07, 6.45) is 2.27. The highest BCUT2D eigenvalue weighted by atomic mass is 35.5. The van der Waals surface area contributed by atoms with Crippen molar-refractivity contribution in [2.75, 3.05) is 19.0 Å². The molecule has 0 spiro atoms. The molecule has 0 saturated heterocycles. The lowest BCUT2D eigenvalue weighted by Crippen LogP contribution is -2.23. The highest BCUT2D eigenvalue weighted by molar-refractivity contribution is 6.32. The first kappa shape index (κ1) is 15.1. The molecule has 0 aliphatic carbocycles. The quantitative estimate of drug-likeness (QED) is 0.846. The number of likely N-dealkylation sites (N-methyl/N-ethyl adjacent to an activating group) is 1. The van der Waals surface area contributed by atoms with Gasteiger partial charge in [0.25, 0.3) is 0 Å². The number of hydrogen-bond donors (Lipinski definition) is 2. The summed E-state index contributed by atoms with van der Waals surface area (Å²) < 4.78 is 5.78. The maximum atomic E-state index is 11.8. The number of rotatable bonds is 6. The predicted molar refractivity (Wildman–Crippen MR) is 81.4 cm³/mol. The molecule has 2 unspecified atom stereocenters. The number of carbonyl (C=O) groups excluding carboxylic acids is 1. The van der Waals surface area contributed by atoms with Crippen molar-refractivity contribution in [1.82, 2.24) is 5.32 Å². The van der Waals surface area contributed by atoms with E-state index in [1.165, 1.54) is 0 Å². The van der Waals surface area contributed by atoms with Gasteiger partial charge in [-0.15, -0.1) is 0 Å². The lowest BCUT2D eigenvalue weighted by molar-refractivity contribution is -0.117. The second-order valence-electron chi connectivity index (χ2n) is 5.29. The van der Waals surface area contributed by atoms with Gasteiger partial charge in [0.1, 0.15) is 11.8 Å². The summed E-state index contributed by atoms with van der Waals surface area (Å²) >= 11 is 6.25. The van der Waals surface area contributed by atoms with E-state index in [-0.39, 0.29) is 11.9 Å². The van der Waals surface area contributed by atoms with E-state index in [4.69, 9.17) is 16.3 Å². The Kier molecular flexibility index (Phi) is 4.89. The van der Waals surface area contributed by atoms with Crippen LogP contribution in [0.25, 0.3) is 0 Å². The molecule has 20 heavy (non-hydrogen) atoms. The van der Waals surface area contributed by atoms with Gasteiger partial charge in [0.05, 0.1) is 11.6 Å². The summed E-state index contributed by atoms with van der Waals surface area (Å²) in [5, 5.41) is 6.36. The number of fused-ring (bicyclic) bond motifs is 1. The highest BCUT2D eigenvalue weighted by Gasteiger charge is 2.30. The molecule has 0 saturated carbocycles. The van der Waals surface area contributed by atoms with Gasteiger partial charge < -0.3 is 15.4 Å². The van der Waals surface area contributed by atoms with Gasteiger partial charge in [-0.25, -0.2) is 0 Å². The fraction of sp³-hybridized carbons (Fsp3) is 0.533. The molecule has 0 aromatic heterocycles. The van der Waals surface area contributed by atoms with Gasteiger partial charge in [0.15, 0.2) is 0 Å². The Balaban J connectivity index is 2.14. The van der Waals surface area contributed by atoms with Crippen molar-refractivity contribution in [1.29, 1.82) is 0 Å².